The van der Waals surface area contributed by atoms with Gasteiger partial charge in [0.15, 0.2) is 0 Å². The summed E-state index contributed by atoms with van der Waals surface area (Å²) in [5.74, 6) is -0.754. The molecule has 1 amide bonds. The highest BCUT2D eigenvalue weighted by Gasteiger charge is 2.54. The molecule has 0 aromatic heterocycles. The third-order valence-electron chi connectivity index (χ3n) is 3.92. The average molecular weight is 335 g/mol. The summed E-state index contributed by atoms with van der Waals surface area (Å²) in [5.41, 5.74) is 0.229. The predicted octanol–water partition coefficient (Wildman–Crippen LogP) is 1.74. The molecule has 6 heteroatoms. The van der Waals surface area contributed by atoms with Gasteiger partial charge in [-0.3, -0.25) is 4.79 Å². The summed E-state index contributed by atoms with van der Waals surface area (Å²) in [6, 6.07) is 6.52. The molecule has 0 radical (unpaired) electrons. The van der Waals surface area contributed by atoms with E-state index in [1.165, 1.54) is 11.8 Å². The number of likely N-dealkylation sites (tertiary alicyclic amines) is 1. The summed E-state index contributed by atoms with van der Waals surface area (Å²) < 4.78 is 10.5. The van der Waals surface area contributed by atoms with Crippen molar-refractivity contribution < 1.29 is 24.2 Å². The number of ether oxygens (including phenoxy) is 2. The zero-order chi connectivity index (χ0) is 18.1. The lowest BCUT2D eigenvalue weighted by Crippen LogP contribution is -2.67. The van der Waals surface area contributed by atoms with E-state index in [0.29, 0.717) is 0 Å². The van der Waals surface area contributed by atoms with Crippen LogP contribution in [0.5, 0.6) is 5.75 Å². The molecule has 0 saturated carbocycles. The minimum atomic E-state index is -0.901. The van der Waals surface area contributed by atoms with Gasteiger partial charge in [0, 0.05) is 6.54 Å². The van der Waals surface area contributed by atoms with Crippen molar-refractivity contribution >= 4 is 11.9 Å². The van der Waals surface area contributed by atoms with Crippen LogP contribution in [-0.2, 0) is 20.9 Å². The fraction of sp³-hybridized carbons (Fsp3) is 0.556. The highest BCUT2D eigenvalue weighted by atomic mass is 16.6. The number of benzene rings is 1. The first kappa shape index (κ1) is 18.3. The Balaban J connectivity index is 2.16. The van der Waals surface area contributed by atoms with Crippen molar-refractivity contribution in [3.05, 3.63) is 29.8 Å². The van der Waals surface area contributed by atoms with Gasteiger partial charge in [-0.2, -0.15) is 0 Å². The molecule has 24 heavy (non-hydrogen) atoms. The van der Waals surface area contributed by atoms with Crippen LogP contribution < -0.4 is 4.74 Å². The lowest BCUT2D eigenvalue weighted by molar-refractivity contribution is -0.188. The Kier molecular flexibility index (Phi) is 5.18. The van der Waals surface area contributed by atoms with Crippen molar-refractivity contribution in [1.29, 1.82) is 0 Å². The van der Waals surface area contributed by atoms with E-state index in [-0.39, 0.29) is 12.5 Å². The van der Waals surface area contributed by atoms with Gasteiger partial charge < -0.3 is 19.5 Å². The number of carbonyl (C=O) groups is 2. The van der Waals surface area contributed by atoms with E-state index in [1.807, 2.05) is 12.1 Å². The smallest absolute Gasteiger partial charge is 0.330 e. The molecule has 1 aromatic rings. The van der Waals surface area contributed by atoms with Crippen molar-refractivity contribution in [1.82, 2.24) is 4.90 Å². The quantitative estimate of drug-likeness (QED) is 0.655. The average Bonchev–Trinajstić information content (AvgIpc) is 2.48. The number of hydrogen-bond donors (Lipinski definition) is 1. The van der Waals surface area contributed by atoms with Gasteiger partial charge in [0.2, 0.25) is 5.91 Å². The largest absolute Gasteiger partial charge is 0.497 e. The van der Waals surface area contributed by atoms with Gasteiger partial charge >= 0.3 is 5.97 Å². The van der Waals surface area contributed by atoms with Gasteiger partial charge in [-0.25, -0.2) is 4.79 Å². The number of methoxy groups -OCH3 is 1. The molecule has 3 atom stereocenters. The number of rotatable bonds is 5. The van der Waals surface area contributed by atoms with Crippen LogP contribution in [0.25, 0.3) is 0 Å². The van der Waals surface area contributed by atoms with Crippen molar-refractivity contribution in [2.24, 2.45) is 5.92 Å². The van der Waals surface area contributed by atoms with Crippen LogP contribution in [0.15, 0.2) is 24.3 Å². The van der Waals surface area contributed by atoms with Crippen LogP contribution in [-0.4, -0.2) is 46.7 Å². The van der Waals surface area contributed by atoms with Crippen molar-refractivity contribution in [2.45, 2.75) is 52.0 Å². The third kappa shape index (κ3) is 3.87. The summed E-state index contributed by atoms with van der Waals surface area (Å²) in [6.07, 6.45) is -0.901. The summed E-state index contributed by atoms with van der Waals surface area (Å²) in [5, 5.41) is 9.84. The first-order valence-corrected chi connectivity index (χ1v) is 7.98. The van der Waals surface area contributed by atoms with E-state index in [9.17, 15) is 14.7 Å². The van der Waals surface area contributed by atoms with E-state index in [0.717, 1.165) is 11.3 Å². The minimum absolute atomic E-state index is 0.239. The molecule has 1 fully saturated rings. The molecule has 1 heterocycles. The maximum Gasteiger partial charge on any atom is 0.330 e. The van der Waals surface area contributed by atoms with Gasteiger partial charge in [-0.05, 0) is 45.4 Å². The SMILES string of the molecule is COc1ccc(CN2C(=O)[C@H]([C@@H](C)O)[C@@H]2C(=O)OC(C)(C)C)cc1. The molecule has 1 N–H and O–H groups in total. The number of β-lactam (4-membered cyclic amide) rings is 1. The van der Waals surface area contributed by atoms with Crippen molar-refractivity contribution in [3.8, 4) is 5.75 Å². The molecule has 0 aliphatic carbocycles. The number of aliphatic hydroxyl groups is 1. The van der Waals surface area contributed by atoms with E-state index < -0.39 is 29.6 Å². The molecule has 1 aliphatic heterocycles. The van der Waals surface area contributed by atoms with E-state index >= 15 is 0 Å². The second-order valence-electron chi connectivity index (χ2n) is 7.06. The summed E-state index contributed by atoms with van der Waals surface area (Å²) in [4.78, 5) is 26.3. The molecule has 1 aromatic carbocycles. The molecule has 0 spiro atoms. The van der Waals surface area contributed by atoms with Gasteiger partial charge in [0.25, 0.3) is 0 Å². The molecular weight excluding hydrogens is 310 g/mol. The molecule has 2 rings (SSSR count). The zero-order valence-electron chi connectivity index (χ0n) is 14.8. The first-order chi connectivity index (χ1) is 11.1. The topological polar surface area (TPSA) is 76.1 Å². The van der Waals surface area contributed by atoms with Crippen LogP contribution >= 0.6 is 0 Å². The van der Waals surface area contributed by atoms with Gasteiger partial charge in [0.05, 0.1) is 19.1 Å². The number of carbonyl (C=O) groups excluding carboxylic acids is 2. The molecule has 1 aliphatic rings. The van der Waals surface area contributed by atoms with E-state index in [1.54, 1.807) is 40.0 Å². The molecule has 1 saturated heterocycles. The normalized spacial score (nSPS) is 21.9. The number of amides is 1. The van der Waals surface area contributed by atoms with Gasteiger partial charge in [0.1, 0.15) is 17.4 Å². The standard InChI is InChI=1S/C18H25NO5/c1-11(20)14-15(17(22)24-18(2,3)4)19(16(14)21)10-12-6-8-13(23-5)9-7-12/h6-9,11,14-15,20H,10H2,1-5H3/t11-,14-,15-/m1/s1. The number of hydrogen-bond acceptors (Lipinski definition) is 5. The van der Waals surface area contributed by atoms with Crippen LogP contribution in [0.2, 0.25) is 0 Å². The minimum Gasteiger partial charge on any atom is -0.497 e. The maximum atomic E-state index is 12.5. The molecular formula is C18H25NO5. The lowest BCUT2D eigenvalue weighted by Gasteiger charge is -2.47. The van der Waals surface area contributed by atoms with Crippen molar-refractivity contribution in [3.63, 3.8) is 0 Å². The Morgan fingerprint density at radius 1 is 1.29 bits per heavy atom. The van der Waals surface area contributed by atoms with Gasteiger partial charge in [-0.15, -0.1) is 0 Å². The maximum absolute atomic E-state index is 12.5. The van der Waals surface area contributed by atoms with E-state index in [2.05, 4.69) is 0 Å². The highest BCUT2D eigenvalue weighted by Crippen LogP contribution is 2.33. The van der Waals surface area contributed by atoms with Crippen LogP contribution in [0.3, 0.4) is 0 Å². The Morgan fingerprint density at radius 3 is 2.33 bits per heavy atom. The monoisotopic (exact) mass is 335 g/mol. The van der Waals surface area contributed by atoms with Crippen LogP contribution in [0.1, 0.15) is 33.3 Å². The highest BCUT2D eigenvalue weighted by molar-refractivity contribution is 5.97. The zero-order valence-corrected chi connectivity index (χ0v) is 14.8. The second kappa shape index (κ2) is 6.81. The lowest BCUT2D eigenvalue weighted by atomic mass is 9.82. The van der Waals surface area contributed by atoms with Crippen LogP contribution in [0, 0.1) is 5.92 Å². The Bertz CT molecular complexity index is 603. The van der Waals surface area contributed by atoms with Crippen LogP contribution in [0.4, 0.5) is 0 Å². The predicted molar refractivity (Wildman–Crippen MR) is 88.3 cm³/mol. The molecule has 0 unspecified atom stereocenters. The number of nitrogens with zero attached hydrogens (tertiary/aromatic N) is 1. The third-order valence-corrected chi connectivity index (χ3v) is 3.92. The van der Waals surface area contributed by atoms with Gasteiger partial charge in [-0.1, -0.05) is 12.1 Å². The molecule has 132 valence electrons. The molecule has 6 nitrogen and oxygen atoms in total. The Labute approximate surface area is 142 Å². The first-order valence-electron chi connectivity index (χ1n) is 7.98. The number of esters is 1. The summed E-state index contributed by atoms with van der Waals surface area (Å²) in [7, 11) is 1.58. The van der Waals surface area contributed by atoms with Crippen molar-refractivity contribution in [2.75, 3.05) is 7.11 Å². The Hall–Kier alpha value is -2.08. The summed E-state index contributed by atoms with van der Waals surface area (Å²) in [6.45, 7) is 7.13. The second-order valence-corrected chi connectivity index (χ2v) is 7.06. The molecule has 0 bridgehead atoms. The fourth-order valence-corrected chi connectivity index (χ4v) is 2.79. The number of aliphatic hydroxyl groups excluding tert-OH is 1. The summed E-state index contributed by atoms with van der Waals surface area (Å²) >= 11 is 0. The van der Waals surface area contributed by atoms with E-state index in [4.69, 9.17) is 9.47 Å². The Morgan fingerprint density at radius 2 is 1.88 bits per heavy atom. The fourth-order valence-electron chi connectivity index (χ4n) is 2.79.